The van der Waals surface area contributed by atoms with Crippen LogP contribution >= 0.6 is 0 Å². The summed E-state index contributed by atoms with van der Waals surface area (Å²) in [7, 11) is 0. The number of rotatable bonds is 3. The molecule has 3 rings (SSSR count). The van der Waals surface area contributed by atoms with Crippen LogP contribution in [0.25, 0.3) is 11.4 Å². The predicted molar refractivity (Wildman–Crippen MR) is 73.6 cm³/mol. The van der Waals surface area contributed by atoms with Gasteiger partial charge in [0.2, 0.25) is 5.95 Å². The molecule has 1 atom stereocenters. The Labute approximate surface area is 112 Å². The number of H-pyrrole nitrogens is 1. The number of pyridine rings is 1. The molecule has 6 heteroatoms. The minimum Gasteiger partial charge on any atom is -0.339 e. The van der Waals surface area contributed by atoms with Crippen LogP contribution in [0.5, 0.6) is 0 Å². The zero-order valence-electron chi connectivity index (χ0n) is 10.8. The third-order valence-electron chi connectivity index (χ3n) is 3.56. The molecular weight excluding hydrogens is 240 g/mol. The smallest absolute Gasteiger partial charge is 0.245 e. The number of nitrogens with zero attached hydrogens (tertiary/aromatic N) is 4. The Bertz CT molecular complexity index is 523. The Balaban J connectivity index is 1.78. The molecule has 0 aromatic carbocycles. The maximum Gasteiger partial charge on any atom is 0.245 e. The highest BCUT2D eigenvalue weighted by Gasteiger charge is 2.21. The van der Waals surface area contributed by atoms with E-state index in [0.717, 1.165) is 43.4 Å². The molecule has 0 aliphatic carbocycles. The third-order valence-corrected chi connectivity index (χ3v) is 3.56. The Morgan fingerprint density at radius 3 is 3.00 bits per heavy atom. The molecule has 1 fully saturated rings. The Morgan fingerprint density at radius 1 is 1.37 bits per heavy atom. The molecule has 1 aliphatic heterocycles. The normalized spacial score (nSPS) is 19.6. The van der Waals surface area contributed by atoms with E-state index in [-0.39, 0.29) is 0 Å². The largest absolute Gasteiger partial charge is 0.339 e. The van der Waals surface area contributed by atoms with E-state index in [4.69, 9.17) is 5.73 Å². The highest BCUT2D eigenvalue weighted by atomic mass is 15.4. The molecule has 0 amide bonds. The van der Waals surface area contributed by atoms with Gasteiger partial charge in [0.25, 0.3) is 0 Å². The summed E-state index contributed by atoms with van der Waals surface area (Å²) >= 11 is 0. The summed E-state index contributed by atoms with van der Waals surface area (Å²) in [5.74, 6) is 2.11. The molecule has 2 aromatic heterocycles. The maximum absolute atomic E-state index is 5.76. The SMILES string of the molecule is NCC1CCCN(c2n[nH]c(-c3ccncc3)n2)C1. The molecule has 0 spiro atoms. The summed E-state index contributed by atoms with van der Waals surface area (Å²) in [6, 6.07) is 3.84. The van der Waals surface area contributed by atoms with Crippen molar-refractivity contribution in [3.05, 3.63) is 24.5 Å². The van der Waals surface area contributed by atoms with Crippen molar-refractivity contribution in [2.75, 3.05) is 24.5 Å². The van der Waals surface area contributed by atoms with Crippen molar-refractivity contribution in [1.82, 2.24) is 20.2 Å². The summed E-state index contributed by atoms with van der Waals surface area (Å²) in [5.41, 5.74) is 6.76. The molecule has 2 aromatic rings. The van der Waals surface area contributed by atoms with Gasteiger partial charge >= 0.3 is 0 Å². The average molecular weight is 258 g/mol. The van der Waals surface area contributed by atoms with Crippen LogP contribution in [-0.4, -0.2) is 39.8 Å². The van der Waals surface area contributed by atoms with Gasteiger partial charge in [-0.2, -0.15) is 4.98 Å². The fourth-order valence-electron chi connectivity index (χ4n) is 2.47. The minimum absolute atomic E-state index is 0.552. The van der Waals surface area contributed by atoms with E-state index in [1.165, 1.54) is 6.42 Å². The van der Waals surface area contributed by atoms with E-state index in [0.29, 0.717) is 5.92 Å². The molecule has 3 heterocycles. The fraction of sp³-hybridized carbons (Fsp3) is 0.462. The van der Waals surface area contributed by atoms with Crippen molar-refractivity contribution in [1.29, 1.82) is 0 Å². The van der Waals surface area contributed by atoms with E-state index >= 15 is 0 Å². The molecular formula is C13H18N6. The standard InChI is InChI=1S/C13H18N6/c14-8-10-2-1-7-19(9-10)13-16-12(17-18-13)11-3-5-15-6-4-11/h3-6,10H,1-2,7-9,14H2,(H,16,17,18). The van der Waals surface area contributed by atoms with Crippen molar-refractivity contribution in [2.45, 2.75) is 12.8 Å². The number of anilines is 1. The van der Waals surface area contributed by atoms with Crippen LogP contribution < -0.4 is 10.6 Å². The van der Waals surface area contributed by atoms with Gasteiger partial charge in [-0.3, -0.25) is 10.1 Å². The molecule has 6 nitrogen and oxygen atoms in total. The van der Waals surface area contributed by atoms with Gasteiger partial charge in [-0.15, -0.1) is 5.10 Å². The van der Waals surface area contributed by atoms with E-state index in [1.807, 2.05) is 12.1 Å². The van der Waals surface area contributed by atoms with Crippen LogP contribution in [0.1, 0.15) is 12.8 Å². The lowest BCUT2D eigenvalue weighted by atomic mass is 9.99. The molecule has 1 unspecified atom stereocenters. The van der Waals surface area contributed by atoms with Crippen molar-refractivity contribution in [2.24, 2.45) is 11.7 Å². The lowest BCUT2D eigenvalue weighted by molar-refractivity contribution is 0.420. The first-order chi connectivity index (χ1) is 9.36. The zero-order valence-corrected chi connectivity index (χ0v) is 10.8. The number of hydrogen-bond donors (Lipinski definition) is 2. The van der Waals surface area contributed by atoms with E-state index in [9.17, 15) is 0 Å². The van der Waals surface area contributed by atoms with E-state index in [2.05, 4.69) is 25.1 Å². The first kappa shape index (κ1) is 12.1. The van der Waals surface area contributed by atoms with Gasteiger partial charge < -0.3 is 10.6 Å². The second kappa shape index (κ2) is 5.36. The highest BCUT2D eigenvalue weighted by molar-refractivity contribution is 5.55. The van der Waals surface area contributed by atoms with Gasteiger partial charge in [0, 0.05) is 31.0 Å². The van der Waals surface area contributed by atoms with Crippen LogP contribution in [-0.2, 0) is 0 Å². The number of piperidine rings is 1. The second-order valence-corrected chi connectivity index (χ2v) is 4.91. The lowest BCUT2D eigenvalue weighted by Crippen LogP contribution is -2.38. The molecule has 3 N–H and O–H groups in total. The molecule has 1 saturated heterocycles. The Kier molecular flexibility index (Phi) is 3.41. The fourth-order valence-corrected chi connectivity index (χ4v) is 2.47. The first-order valence-electron chi connectivity index (χ1n) is 6.64. The molecule has 0 radical (unpaired) electrons. The number of nitrogens with two attached hydrogens (primary N) is 1. The Hall–Kier alpha value is -1.95. The highest BCUT2D eigenvalue weighted by Crippen LogP contribution is 2.21. The van der Waals surface area contributed by atoms with Crippen LogP contribution in [0.2, 0.25) is 0 Å². The summed E-state index contributed by atoms with van der Waals surface area (Å²) < 4.78 is 0. The maximum atomic E-state index is 5.76. The summed E-state index contributed by atoms with van der Waals surface area (Å²) in [6.07, 6.45) is 5.86. The van der Waals surface area contributed by atoms with Gasteiger partial charge in [0.15, 0.2) is 5.82 Å². The number of nitrogens with one attached hydrogen (secondary N) is 1. The summed E-state index contributed by atoms with van der Waals surface area (Å²) in [6.45, 7) is 2.69. The summed E-state index contributed by atoms with van der Waals surface area (Å²) in [4.78, 5) is 10.8. The second-order valence-electron chi connectivity index (χ2n) is 4.91. The van der Waals surface area contributed by atoms with Crippen LogP contribution in [0, 0.1) is 5.92 Å². The number of aromatic nitrogens is 4. The average Bonchev–Trinajstić information content (AvgIpc) is 2.98. The number of hydrogen-bond acceptors (Lipinski definition) is 5. The van der Waals surface area contributed by atoms with Crippen molar-refractivity contribution < 1.29 is 0 Å². The topological polar surface area (TPSA) is 83.7 Å². The minimum atomic E-state index is 0.552. The predicted octanol–water partition coefficient (Wildman–Crippen LogP) is 1.04. The molecule has 100 valence electrons. The van der Waals surface area contributed by atoms with Crippen molar-refractivity contribution in [3.63, 3.8) is 0 Å². The van der Waals surface area contributed by atoms with Gasteiger partial charge in [-0.25, -0.2) is 0 Å². The van der Waals surface area contributed by atoms with Crippen LogP contribution in [0.3, 0.4) is 0 Å². The van der Waals surface area contributed by atoms with Crippen molar-refractivity contribution in [3.8, 4) is 11.4 Å². The third kappa shape index (κ3) is 2.58. The van der Waals surface area contributed by atoms with Gasteiger partial charge in [0.1, 0.15) is 0 Å². The van der Waals surface area contributed by atoms with Gasteiger partial charge in [-0.05, 0) is 37.4 Å². The lowest BCUT2D eigenvalue weighted by Gasteiger charge is -2.31. The zero-order chi connectivity index (χ0) is 13.1. The van der Waals surface area contributed by atoms with Crippen molar-refractivity contribution >= 4 is 5.95 Å². The molecule has 0 saturated carbocycles. The summed E-state index contributed by atoms with van der Waals surface area (Å²) in [5, 5.41) is 7.30. The Morgan fingerprint density at radius 2 is 2.21 bits per heavy atom. The number of aromatic amines is 1. The van der Waals surface area contributed by atoms with Crippen LogP contribution in [0.15, 0.2) is 24.5 Å². The molecule has 19 heavy (non-hydrogen) atoms. The quantitative estimate of drug-likeness (QED) is 0.859. The molecule has 1 aliphatic rings. The van der Waals surface area contributed by atoms with Gasteiger partial charge in [0.05, 0.1) is 0 Å². The monoisotopic (exact) mass is 258 g/mol. The van der Waals surface area contributed by atoms with E-state index in [1.54, 1.807) is 12.4 Å². The van der Waals surface area contributed by atoms with Gasteiger partial charge in [-0.1, -0.05) is 0 Å². The van der Waals surface area contributed by atoms with Crippen LogP contribution in [0.4, 0.5) is 5.95 Å². The van der Waals surface area contributed by atoms with E-state index < -0.39 is 0 Å². The molecule has 0 bridgehead atoms. The first-order valence-corrected chi connectivity index (χ1v) is 6.64.